The fourth-order valence-corrected chi connectivity index (χ4v) is 12.4. The SMILES string of the molecule is C[C@H](CCCO)[C@H]1CC[C@H]2[C@@H]3C[C@H](O[Si](C)(C)C)[C@@H]4C[C@H](O[Si](C)(C)C)CC[C@]4(C)[C@H]3CC[C@]12C. The van der Waals surface area contributed by atoms with Gasteiger partial charge >= 0.3 is 0 Å². The fourth-order valence-electron chi connectivity index (χ4n) is 10.0. The summed E-state index contributed by atoms with van der Waals surface area (Å²) < 4.78 is 13.8. The molecule has 4 aliphatic carbocycles. The maximum atomic E-state index is 9.43. The van der Waals surface area contributed by atoms with Gasteiger partial charge in [0.05, 0.1) is 0 Å². The Hall–Kier alpha value is 0.314. The molecule has 4 rings (SSSR count). The smallest absolute Gasteiger partial charge is 0.184 e. The highest BCUT2D eigenvalue weighted by Gasteiger charge is 2.63. The molecule has 4 aliphatic rings. The zero-order chi connectivity index (χ0) is 25.8. The average Bonchev–Trinajstić information content (AvgIpc) is 3.08. The van der Waals surface area contributed by atoms with Crippen molar-refractivity contribution in [3.63, 3.8) is 0 Å². The lowest BCUT2D eigenvalue weighted by Gasteiger charge is -2.63. The van der Waals surface area contributed by atoms with E-state index in [9.17, 15) is 5.11 Å². The van der Waals surface area contributed by atoms with E-state index in [4.69, 9.17) is 8.85 Å². The highest BCUT2D eigenvalue weighted by molar-refractivity contribution is 6.70. The van der Waals surface area contributed by atoms with Crippen LogP contribution in [0.5, 0.6) is 0 Å². The molecule has 0 unspecified atom stereocenters. The van der Waals surface area contributed by atoms with E-state index in [-0.39, 0.29) is 0 Å². The molecule has 0 saturated heterocycles. The summed E-state index contributed by atoms with van der Waals surface area (Å²) in [6.45, 7) is 22.4. The Kier molecular flexibility index (Phi) is 8.20. The van der Waals surface area contributed by atoms with Gasteiger partial charge < -0.3 is 14.0 Å². The molecule has 5 heteroatoms. The quantitative estimate of drug-likeness (QED) is 0.327. The van der Waals surface area contributed by atoms with Crippen LogP contribution < -0.4 is 0 Å². The molecule has 0 heterocycles. The van der Waals surface area contributed by atoms with E-state index in [1.165, 1.54) is 57.8 Å². The Balaban J connectivity index is 1.60. The number of hydrogen-bond donors (Lipinski definition) is 1. The fraction of sp³-hybridized carbons (Fsp3) is 1.00. The van der Waals surface area contributed by atoms with E-state index in [0.29, 0.717) is 35.6 Å². The minimum Gasteiger partial charge on any atom is -0.415 e. The van der Waals surface area contributed by atoms with Crippen molar-refractivity contribution in [2.24, 2.45) is 46.3 Å². The van der Waals surface area contributed by atoms with E-state index < -0.39 is 16.6 Å². The van der Waals surface area contributed by atoms with Gasteiger partial charge in [0, 0.05) is 18.8 Å². The third-order valence-electron chi connectivity index (χ3n) is 11.2. The predicted molar refractivity (Wildman–Crippen MR) is 153 cm³/mol. The Morgan fingerprint density at radius 3 is 2.06 bits per heavy atom. The molecule has 0 aromatic heterocycles. The molecule has 1 N–H and O–H groups in total. The number of aliphatic hydroxyl groups is 1. The summed E-state index contributed by atoms with van der Waals surface area (Å²) in [4.78, 5) is 0. The van der Waals surface area contributed by atoms with Gasteiger partial charge in [-0.25, -0.2) is 0 Å². The molecule has 0 aromatic rings. The minimum absolute atomic E-state index is 0.347. The third kappa shape index (κ3) is 5.70. The van der Waals surface area contributed by atoms with Gasteiger partial charge in [-0.05, 0) is 150 Å². The molecule has 0 aliphatic heterocycles. The van der Waals surface area contributed by atoms with Crippen LogP contribution >= 0.6 is 0 Å². The van der Waals surface area contributed by atoms with Crippen LogP contribution in [0.3, 0.4) is 0 Å². The Bertz CT molecular complexity index is 730. The average molecular weight is 523 g/mol. The standard InChI is InChI=1S/C30H58O3Si2/c1-21(11-10-18-31)24-12-13-25-23-20-28(33-35(7,8)9)27-19-22(32-34(4,5)6)14-16-30(27,3)26(23)15-17-29(24,25)2/h21-28,31H,10-20H2,1-9H3/t21-,22-,23+,24-,25+,26+,27+,28+,29-,30-/m1/s1. The van der Waals surface area contributed by atoms with Gasteiger partial charge in [0.1, 0.15) is 0 Å². The normalized spacial score (nSPS) is 44.9. The Labute approximate surface area is 219 Å². The molecule has 4 fully saturated rings. The Morgan fingerprint density at radius 1 is 0.800 bits per heavy atom. The van der Waals surface area contributed by atoms with Crippen molar-refractivity contribution in [3.05, 3.63) is 0 Å². The zero-order valence-corrected chi connectivity index (χ0v) is 26.7. The second-order valence-electron chi connectivity index (χ2n) is 15.7. The summed E-state index contributed by atoms with van der Waals surface area (Å²) in [5.41, 5.74) is 0.898. The maximum absolute atomic E-state index is 9.43. The number of rotatable bonds is 8. The van der Waals surface area contributed by atoms with E-state index in [2.05, 4.69) is 60.1 Å². The summed E-state index contributed by atoms with van der Waals surface area (Å²) in [6, 6.07) is 0. The summed E-state index contributed by atoms with van der Waals surface area (Å²) in [7, 11) is -3.17. The van der Waals surface area contributed by atoms with Crippen molar-refractivity contribution in [1.82, 2.24) is 0 Å². The number of aliphatic hydroxyl groups excluding tert-OH is 1. The zero-order valence-electron chi connectivity index (χ0n) is 24.7. The van der Waals surface area contributed by atoms with Crippen LogP contribution in [0.4, 0.5) is 0 Å². The maximum Gasteiger partial charge on any atom is 0.184 e. The van der Waals surface area contributed by atoms with Crippen LogP contribution in [0.15, 0.2) is 0 Å². The highest BCUT2D eigenvalue weighted by atomic mass is 28.4. The first-order valence-electron chi connectivity index (χ1n) is 15.1. The second kappa shape index (κ2) is 10.1. The molecule has 0 spiro atoms. The largest absolute Gasteiger partial charge is 0.415 e. The second-order valence-corrected chi connectivity index (χ2v) is 24.6. The van der Waals surface area contributed by atoms with Crippen molar-refractivity contribution in [3.8, 4) is 0 Å². The molecule has 3 nitrogen and oxygen atoms in total. The van der Waals surface area contributed by atoms with Gasteiger partial charge in [0.25, 0.3) is 0 Å². The molecule has 35 heavy (non-hydrogen) atoms. The molecule has 0 aromatic carbocycles. The monoisotopic (exact) mass is 522 g/mol. The van der Waals surface area contributed by atoms with Crippen LogP contribution in [0.1, 0.15) is 85.0 Å². The third-order valence-corrected chi connectivity index (χ3v) is 13.3. The van der Waals surface area contributed by atoms with Crippen molar-refractivity contribution in [2.45, 2.75) is 136 Å². The van der Waals surface area contributed by atoms with Gasteiger partial charge in [-0.1, -0.05) is 20.8 Å². The molecule has 204 valence electrons. The van der Waals surface area contributed by atoms with Gasteiger partial charge in [0.2, 0.25) is 0 Å². The van der Waals surface area contributed by atoms with Gasteiger partial charge in [-0.15, -0.1) is 0 Å². The van der Waals surface area contributed by atoms with Crippen LogP contribution in [0.25, 0.3) is 0 Å². The topological polar surface area (TPSA) is 38.7 Å². The lowest BCUT2D eigenvalue weighted by atomic mass is 9.43. The predicted octanol–water partition coefficient (Wildman–Crippen LogP) is 8.10. The first kappa shape index (κ1) is 28.3. The Morgan fingerprint density at radius 2 is 1.43 bits per heavy atom. The molecule has 0 radical (unpaired) electrons. The molecule has 4 saturated carbocycles. The summed E-state index contributed by atoms with van der Waals surface area (Å²) >= 11 is 0. The molecule has 10 atom stereocenters. The molecule has 0 bridgehead atoms. The van der Waals surface area contributed by atoms with E-state index in [0.717, 1.165) is 36.0 Å². The summed E-state index contributed by atoms with van der Waals surface area (Å²) in [6.07, 6.45) is 13.8. The lowest BCUT2D eigenvalue weighted by molar-refractivity contribution is -0.166. The van der Waals surface area contributed by atoms with Crippen molar-refractivity contribution in [2.75, 3.05) is 6.61 Å². The van der Waals surface area contributed by atoms with E-state index in [1.807, 2.05) is 0 Å². The van der Waals surface area contributed by atoms with E-state index >= 15 is 0 Å². The summed E-state index contributed by atoms with van der Waals surface area (Å²) in [5, 5.41) is 9.43. The van der Waals surface area contributed by atoms with Crippen LogP contribution in [-0.4, -0.2) is 40.6 Å². The van der Waals surface area contributed by atoms with E-state index in [1.54, 1.807) is 0 Å². The van der Waals surface area contributed by atoms with Gasteiger partial charge in [0.15, 0.2) is 16.6 Å². The van der Waals surface area contributed by atoms with Crippen molar-refractivity contribution in [1.29, 1.82) is 0 Å². The minimum atomic E-state index is -1.63. The number of hydrogen-bond acceptors (Lipinski definition) is 3. The molecular formula is C30H58O3Si2. The van der Waals surface area contributed by atoms with Gasteiger partial charge in [-0.2, -0.15) is 0 Å². The molecular weight excluding hydrogens is 464 g/mol. The molecule has 0 amide bonds. The van der Waals surface area contributed by atoms with Crippen LogP contribution in [0, 0.1) is 46.3 Å². The van der Waals surface area contributed by atoms with Crippen molar-refractivity contribution < 1.29 is 14.0 Å². The van der Waals surface area contributed by atoms with Crippen molar-refractivity contribution >= 4 is 16.6 Å². The lowest BCUT2D eigenvalue weighted by Crippen LogP contribution is -2.60. The first-order valence-corrected chi connectivity index (χ1v) is 22.0. The van der Waals surface area contributed by atoms with Crippen LogP contribution in [-0.2, 0) is 8.85 Å². The number of fused-ring (bicyclic) bond motifs is 5. The van der Waals surface area contributed by atoms with Gasteiger partial charge in [-0.3, -0.25) is 0 Å². The first-order chi connectivity index (χ1) is 16.2. The van der Waals surface area contributed by atoms with Crippen LogP contribution in [0.2, 0.25) is 39.3 Å². The highest BCUT2D eigenvalue weighted by Crippen LogP contribution is 2.69. The summed E-state index contributed by atoms with van der Waals surface area (Å²) in [5.74, 6) is 4.80.